The predicted molar refractivity (Wildman–Crippen MR) is 80.9 cm³/mol. The molecular formula is C16H26N2O2. The van der Waals surface area contributed by atoms with Crippen LogP contribution in [0, 0.1) is 0 Å². The molecule has 0 bridgehead atoms. The lowest BCUT2D eigenvalue weighted by atomic mass is 10.0. The highest BCUT2D eigenvalue weighted by molar-refractivity contribution is 5.38. The van der Waals surface area contributed by atoms with Crippen LogP contribution >= 0.6 is 0 Å². The normalized spacial score (nSPS) is 21.7. The van der Waals surface area contributed by atoms with Gasteiger partial charge in [0.05, 0.1) is 19.8 Å². The van der Waals surface area contributed by atoms with Gasteiger partial charge in [0.2, 0.25) is 0 Å². The van der Waals surface area contributed by atoms with Gasteiger partial charge < -0.3 is 15.2 Å². The molecule has 2 rings (SSSR count). The van der Waals surface area contributed by atoms with Gasteiger partial charge in [0.15, 0.2) is 0 Å². The van der Waals surface area contributed by atoms with Crippen molar-refractivity contribution in [3.8, 4) is 5.75 Å². The second-order valence-corrected chi connectivity index (χ2v) is 5.48. The summed E-state index contributed by atoms with van der Waals surface area (Å²) in [6.45, 7) is 10.4. The minimum atomic E-state index is 0.0477. The summed E-state index contributed by atoms with van der Waals surface area (Å²) < 4.78 is 11.2. The molecule has 2 atom stereocenters. The van der Waals surface area contributed by atoms with Gasteiger partial charge in [-0.05, 0) is 38.5 Å². The van der Waals surface area contributed by atoms with E-state index >= 15 is 0 Å². The number of nitrogens with zero attached hydrogens (tertiary/aromatic N) is 1. The van der Waals surface area contributed by atoms with Crippen LogP contribution in [0.1, 0.15) is 37.9 Å². The molecule has 1 aliphatic rings. The molecule has 2 N–H and O–H groups in total. The first-order valence-corrected chi connectivity index (χ1v) is 7.44. The molecule has 1 fully saturated rings. The second-order valence-electron chi connectivity index (χ2n) is 5.48. The standard InChI is InChI=1S/C16H26N2O2/c1-4-20-16-6-5-14(13(3)17)9-15(16)10-18-7-8-19-11-12(18)2/h5-6,9,12-13H,4,7-8,10-11,17H2,1-3H3. The molecule has 4 nitrogen and oxygen atoms in total. The minimum absolute atomic E-state index is 0.0477. The molecule has 1 heterocycles. The van der Waals surface area contributed by atoms with Gasteiger partial charge in [-0.2, -0.15) is 0 Å². The van der Waals surface area contributed by atoms with Gasteiger partial charge in [0.25, 0.3) is 0 Å². The Hall–Kier alpha value is -1.10. The molecule has 0 aromatic heterocycles. The zero-order valence-electron chi connectivity index (χ0n) is 12.8. The Morgan fingerprint density at radius 2 is 2.30 bits per heavy atom. The first-order valence-electron chi connectivity index (χ1n) is 7.44. The molecular weight excluding hydrogens is 252 g/mol. The van der Waals surface area contributed by atoms with Gasteiger partial charge in [-0.1, -0.05) is 6.07 Å². The minimum Gasteiger partial charge on any atom is -0.494 e. The number of benzene rings is 1. The van der Waals surface area contributed by atoms with E-state index in [2.05, 4.69) is 24.0 Å². The zero-order chi connectivity index (χ0) is 14.5. The Labute approximate surface area is 121 Å². The van der Waals surface area contributed by atoms with E-state index in [0.717, 1.165) is 37.6 Å². The van der Waals surface area contributed by atoms with E-state index in [4.69, 9.17) is 15.2 Å². The number of hydrogen-bond donors (Lipinski definition) is 1. The quantitative estimate of drug-likeness (QED) is 0.898. The average molecular weight is 278 g/mol. The summed E-state index contributed by atoms with van der Waals surface area (Å²) in [6.07, 6.45) is 0. The van der Waals surface area contributed by atoms with Crippen molar-refractivity contribution in [2.75, 3.05) is 26.4 Å². The molecule has 1 aliphatic heterocycles. The van der Waals surface area contributed by atoms with Crippen molar-refractivity contribution >= 4 is 0 Å². The molecule has 0 radical (unpaired) electrons. The Bertz CT molecular complexity index is 434. The summed E-state index contributed by atoms with van der Waals surface area (Å²) >= 11 is 0. The van der Waals surface area contributed by atoms with Crippen LogP contribution < -0.4 is 10.5 Å². The van der Waals surface area contributed by atoms with Crippen LogP contribution in [-0.4, -0.2) is 37.3 Å². The van der Waals surface area contributed by atoms with E-state index in [9.17, 15) is 0 Å². The highest BCUT2D eigenvalue weighted by Gasteiger charge is 2.20. The Kier molecular flexibility index (Phi) is 5.40. The molecule has 4 heteroatoms. The summed E-state index contributed by atoms with van der Waals surface area (Å²) in [5.41, 5.74) is 8.37. The van der Waals surface area contributed by atoms with Crippen LogP contribution in [0.25, 0.3) is 0 Å². The van der Waals surface area contributed by atoms with Gasteiger partial charge in [-0.3, -0.25) is 4.90 Å². The molecule has 1 saturated heterocycles. The summed E-state index contributed by atoms with van der Waals surface area (Å²) in [5, 5.41) is 0. The highest BCUT2D eigenvalue weighted by Crippen LogP contribution is 2.25. The number of rotatable bonds is 5. The van der Waals surface area contributed by atoms with Crippen molar-refractivity contribution in [1.82, 2.24) is 4.90 Å². The molecule has 0 amide bonds. The summed E-state index contributed by atoms with van der Waals surface area (Å²) in [6, 6.07) is 6.77. The lowest BCUT2D eigenvalue weighted by Crippen LogP contribution is -2.43. The highest BCUT2D eigenvalue weighted by atomic mass is 16.5. The van der Waals surface area contributed by atoms with E-state index in [1.165, 1.54) is 5.56 Å². The molecule has 112 valence electrons. The molecule has 20 heavy (non-hydrogen) atoms. The van der Waals surface area contributed by atoms with Gasteiger partial charge in [0, 0.05) is 30.7 Å². The second kappa shape index (κ2) is 7.07. The smallest absolute Gasteiger partial charge is 0.123 e. The maximum atomic E-state index is 5.99. The Morgan fingerprint density at radius 3 is 2.95 bits per heavy atom. The van der Waals surface area contributed by atoms with Crippen LogP contribution in [0.5, 0.6) is 5.75 Å². The maximum Gasteiger partial charge on any atom is 0.123 e. The number of morpholine rings is 1. The van der Waals surface area contributed by atoms with E-state index in [-0.39, 0.29) is 6.04 Å². The number of nitrogens with two attached hydrogens (primary N) is 1. The largest absolute Gasteiger partial charge is 0.494 e. The Morgan fingerprint density at radius 1 is 1.50 bits per heavy atom. The average Bonchev–Trinajstić information content (AvgIpc) is 2.43. The van der Waals surface area contributed by atoms with Gasteiger partial charge >= 0.3 is 0 Å². The van der Waals surface area contributed by atoms with E-state index in [0.29, 0.717) is 12.6 Å². The summed E-state index contributed by atoms with van der Waals surface area (Å²) in [5.74, 6) is 0.968. The lowest BCUT2D eigenvalue weighted by molar-refractivity contribution is -0.00470. The molecule has 0 spiro atoms. The third kappa shape index (κ3) is 3.72. The summed E-state index contributed by atoms with van der Waals surface area (Å²) in [7, 11) is 0. The van der Waals surface area contributed by atoms with Crippen LogP contribution in [0.15, 0.2) is 18.2 Å². The SMILES string of the molecule is CCOc1ccc(C(C)N)cc1CN1CCOCC1C. The molecule has 1 aromatic carbocycles. The van der Waals surface area contributed by atoms with Crippen LogP contribution in [-0.2, 0) is 11.3 Å². The zero-order valence-corrected chi connectivity index (χ0v) is 12.8. The third-order valence-electron chi connectivity index (χ3n) is 3.79. The van der Waals surface area contributed by atoms with Crippen LogP contribution in [0.4, 0.5) is 0 Å². The lowest BCUT2D eigenvalue weighted by Gasteiger charge is -2.33. The predicted octanol–water partition coefficient (Wildman–Crippen LogP) is 2.33. The summed E-state index contributed by atoms with van der Waals surface area (Å²) in [4.78, 5) is 2.44. The van der Waals surface area contributed by atoms with Gasteiger partial charge in [-0.15, -0.1) is 0 Å². The molecule has 1 aromatic rings. The first kappa shape index (κ1) is 15.3. The third-order valence-corrected chi connectivity index (χ3v) is 3.79. The van der Waals surface area contributed by atoms with Gasteiger partial charge in [-0.25, -0.2) is 0 Å². The number of hydrogen-bond acceptors (Lipinski definition) is 4. The molecule has 2 unspecified atom stereocenters. The number of ether oxygens (including phenoxy) is 2. The van der Waals surface area contributed by atoms with Crippen molar-refractivity contribution in [2.45, 2.75) is 39.4 Å². The molecule has 0 aliphatic carbocycles. The fourth-order valence-electron chi connectivity index (χ4n) is 2.52. The van der Waals surface area contributed by atoms with Crippen molar-refractivity contribution in [3.05, 3.63) is 29.3 Å². The van der Waals surface area contributed by atoms with Crippen molar-refractivity contribution in [3.63, 3.8) is 0 Å². The maximum absolute atomic E-state index is 5.99. The van der Waals surface area contributed by atoms with Crippen molar-refractivity contribution in [1.29, 1.82) is 0 Å². The topological polar surface area (TPSA) is 47.7 Å². The van der Waals surface area contributed by atoms with E-state index in [1.807, 2.05) is 19.9 Å². The van der Waals surface area contributed by atoms with E-state index < -0.39 is 0 Å². The first-order chi connectivity index (χ1) is 9.61. The van der Waals surface area contributed by atoms with Gasteiger partial charge in [0.1, 0.15) is 5.75 Å². The monoisotopic (exact) mass is 278 g/mol. The van der Waals surface area contributed by atoms with E-state index in [1.54, 1.807) is 0 Å². The fourth-order valence-corrected chi connectivity index (χ4v) is 2.52. The van der Waals surface area contributed by atoms with Crippen LogP contribution in [0.3, 0.4) is 0 Å². The van der Waals surface area contributed by atoms with Crippen LogP contribution in [0.2, 0.25) is 0 Å². The van der Waals surface area contributed by atoms with Crippen molar-refractivity contribution < 1.29 is 9.47 Å². The Balaban J connectivity index is 2.20. The fraction of sp³-hybridized carbons (Fsp3) is 0.625. The van der Waals surface area contributed by atoms with Crippen molar-refractivity contribution in [2.24, 2.45) is 5.73 Å². The molecule has 0 saturated carbocycles.